The first-order chi connectivity index (χ1) is 12.1. The Bertz CT molecular complexity index is 696. The van der Waals surface area contributed by atoms with Gasteiger partial charge in [-0.3, -0.25) is 9.80 Å². The largest absolute Gasteiger partial charge is 0.496 e. The molecule has 1 fully saturated rings. The minimum Gasteiger partial charge on any atom is -0.496 e. The van der Waals surface area contributed by atoms with Gasteiger partial charge in [0, 0.05) is 30.5 Å². The Balaban J connectivity index is 0.00000182. The standard InChI is InChI=1S/C21H31N3O.2ClH/c1-22(2)21(18-10-6-7-11-20(18)25-4)19-13-12-17(23(19)3)16-24-14-8-5-9-15-24;;/h6-7,10-13,21H,5,8-9,14-16H2,1-4H3;2*1H. The van der Waals surface area contributed by atoms with E-state index in [9.17, 15) is 0 Å². The van der Waals surface area contributed by atoms with Crippen LogP contribution in [0.5, 0.6) is 5.75 Å². The number of methoxy groups -OCH3 is 1. The average molecular weight is 414 g/mol. The molecular weight excluding hydrogens is 381 g/mol. The van der Waals surface area contributed by atoms with Gasteiger partial charge in [0.05, 0.1) is 13.2 Å². The zero-order valence-electron chi connectivity index (χ0n) is 16.9. The zero-order chi connectivity index (χ0) is 17.8. The molecule has 27 heavy (non-hydrogen) atoms. The van der Waals surface area contributed by atoms with E-state index in [1.54, 1.807) is 7.11 Å². The third-order valence-electron chi connectivity index (χ3n) is 5.33. The normalized spacial score (nSPS) is 15.7. The number of ether oxygens (including phenoxy) is 1. The molecule has 0 bridgehead atoms. The first-order valence-electron chi connectivity index (χ1n) is 9.28. The van der Waals surface area contributed by atoms with Crippen LogP contribution in [0.25, 0.3) is 0 Å². The Morgan fingerprint density at radius 1 is 1.00 bits per heavy atom. The predicted molar refractivity (Wildman–Crippen MR) is 118 cm³/mol. The molecule has 4 nitrogen and oxygen atoms in total. The third kappa shape index (κ3) is 5.41. The van der Waals surface area contributed by atoms with Crippen LogP contribution >= 0.6 is 24.8 Å². The van der Waals surface area contributed by atoms with E-state index in [0.717, 1.165) is 12.3 Å². The second kappa shape index (κ2) is 11.0. The molecule has 3 rings (SSSR count). The summed E-state index contributed by atoms with van der Waals surface area (Å²) in [5.74, 6) is 0.944. The third-order valence-corrected chi connectivity index (χ3v) is 5.33. The van der Waals surface area contributed by atoms with Crippen LogP contribution in [0.3, 0.4) is 0 Å². The molecule has 0 spiro atoms. The number of nitrogens with zero attached hydrogens (tertiary/aromatic N) is 3. The van der Waals surface area contributed by atoms with Crippen LogP contribution in [0.2, 0.25) is 0 Å². The van der Waals surface area contributed by atoms with Crippen molar-refractivity contribution >= 4 is 24.8 Å². The van der Waals surface area contributed by atoms with E-state index < -0.39 is 0 Å². The molecule has 0 saturated carbocycles. The summed E-state index contributed by atoms with van der Waals surface area (Å²) in [6.07, 6.45) is 4.04. The van der Waals surface area contributed by atoms with Crippen molar-refractivity contribution in [2.45, 2.75) is 31.8 Å². The number of aromatic nitrogens is 1. The van der Waals surface area contributed by atoms with Crippen molar-refractivity contribution in [3.05, 3.63) is 53.3 Å². The summed E-state index contributed by atoms with van der Waals surface area (Å²) in [4.78, 5) is 4.84. The summed E-state index contributed by atoms with van der Waals surface area (Å²) in [5.41, 5.74) is 3.90. The Labute approximate surface area is 176 Å². The molecule has 1 unspecified atom stereocenters. The van der Waals surface area contributed by atoms with E-state index >= 15 is 0 Å². The molecule has 1 aliphatic rings. The lowest BCUT2D eigenvalue weighted by Gasteiger charge is -2.29. The van der Waals surface area contributed by atoms with E-state index in [2.05, 4.69) is 59.8 Å². The highest BCUT2D eigenvalue weighted by Gasteiger charge is 2.24. The smallest absolute Gasteiger partial charge is 0.124 e. The van der Waals surface area contributed by atoms with E-state index in [-0.39, 0.29) is 30.9 Å². The molecule has 0 N–H and O–H groups in total. The monoisotopic (exact) mass is 413 g/mol. The molecule has 1 aliphatic heterocycles. The molecule has 2 heterocycles. The summed E-state index contributed by atoms with van der Waals surface area (Å²) in [6.45, 7) is 3.50. The van der Waals surface area contributed by atoms with Crippen molar-refractivity contribution in [3.8, 4) is 5.75 Å². The van der Waals surface area contributed by atoms with Crippen LogP contribution in [0.4, 0.5) is 0 Å². The lowest BCUT2D eigenvalue weighted by molar-refractivity contribution is 0.216. The van der Waals surface area contributed by atoms with Gasteiger partial charge in [-0.2, -0.15) is 0 Å². The van der Waals surface area contributed by atoms with Crippen LogP contribution in [-0.2, 0) is 13.6 Å². The molecule has 0 amide bonds. The highest BCUT2D eigenvalue weighted by molar-refractivity contribution is 5.85. The molecule has 0 aliphatic carbocycles. The highest BCUT2D eigenvalue weighted by atomic mass is 35.5. The van der Waals surface area contributed by atoms with Gasteiger partial charge < -0.3 is 9.30 Å². The number of rotatable bonds is 6. The molecule has 2 aromatic rings. The maximum absolute atomic E-state index is 5.62. The lowest BCUT2D eigenvalue weighted by atomic mass is 10.0. The van der Waals surface area contributed by atoms with Gasteiger partial charge in [-0.15, -0.1) is 24.8 Å². The number of hydrogen-bond acceptors (Lipinski definition) is 3. The van der Waals surface area contributed by atoms with Crippen LogP contribution in [0, 0.1) is 0 Å². The van der Waals surface area contributed by atoms with Gasteiger partial charge in [0.2, 0.25) is 0 Å². The topological polar surface area (TPSA) is 20.6 Å². The Kier molecular flexibility index (Phi) is 9.68. The van der Waals surface area contributed by atoms with Crippen molar-refractivity contribution in [2.24, 2.45) is 7.05 Å². The van der Waals surface area contributed by atoms with Crippen LogP contribution in [-0.4, -0.2) is 48.7 Å². The zero-order valence-corrected chi connectivity index (χ0v) is 18.5. The van der Waals surface area contributed by atoms with E-state index in [4.69, 9.17) is 4.74 Å². The van der Waals surface area contributed by atoms with Gasteiger partial charge >= 0.3 is 0 Å². The van der Waals surface area contributed by atoms with Crippen molar-refractivity contribution < 1.29 is 4.74 Å². The number of halogens is 2. The molecular formula is C21H33Cl2N3O. The summed E-state index contributed by atoms with van der Waals surface area (Å²) >= 11 is 0. The van der Waals surface area contributed by atoms with Gasteiger partial charge in [-0.25, -0.2) is 0 Å². The lowest BCUT2D eigenvalue weighted by Crippen LogP contribution is -2.30. The number of likely N-dealkylation sites (tertiary alicyclic amines) is 1. The summed E-state index contributed by atoms with van der Waals surface area (Å²) in [5, 5.41) is 0. The summed E-state index contributed by atoms with van der Waals surface area (Å²) < 4.78 is 7.99. The maximum atomic E-state index is 5.62. The van der Waals surface area contributed by atoms with Crippen molar-refractivity contribution in [1.82, 2.24) is 14.4 Å². The van der Waals surface area contributed by atoms with Gasteiger partial charge in [0.1, 0.15) is 5.75 Å². The highest BCUT2D eigenvalue weighted by Crippen LogP contribution is 2.34. The van der Waals surface area contributed by atoms with E-state index in [1.165, 1.54) is 49.3 Å². The van der Waals surface area contributed by atoms with Gasteiger partial charge in [-0.05, 0) is 58.2 Å². The van der Waals surface area contributed by atoms with Crippen LogP contribution in [0.15, 0.2) is 36.4 Å². The maximum Gasteiger partial charge on any atom is 0.124 e. The molecule has 1 saturated heterocycles. The number of hydrogen-bond donors (Lipinski definition) is 0. The Morgan fingerprint density at radius 2 is 1.67 bits per heavy atom. The predicted octanol–water partition coefficient (Wildman–Crippen LogP) is 4.51. The first kappa shape index (κ1) is 23.8. The van der Waals surface area contributed by atoms with Gasteiger partial charge in [0.25, 0.3) is 0 Å². The number of para-hydroxylation sites is 1. The first-order valence-corrected chi connectivity index (χ1v) is 9.28. The summed E-state index contributed by atoms with van der Waals surface area (Å²) in [7, 11) is 8.21. The molecule has 1 aromatic heterocycles. The fraction of sp³-hybridized carbons (Fsp3) is 0.524. The minimum absolute atomic E-state index is 0. The second-order valence-electron chi connectivity index (χ2n) is 7.25. The van der Waals surface area contributed by atoms with Gasteiger partial charge in [-0.1, -0.05) is 24.6 Å². The molecule has 6 heteroatoms. The SMILES string of the molecule is COc1ccccc1C(c1ccc(CN2CCCCC2)n1C)N(C)C.Cl.Cl. The molecule has 152 valence electrons. The van der Waals surface area contributed by atoms with Crippen LogP contribution in [0.1, 0.15) is 42.3 Å². The number of piperidine rings is 1. The van der Waals surface area contributed by atoms with Crippen molar-refractivity contribution in [3.63, 3.8) is 0 Å². The summed E-state index contributed by atoms with van der Waals surface area (Å²) in [6, 6.07) is 13.1. The molecule has 1 aromatic carbocycles. The quantitative estimate of drug-likeness (QED) is 0.694. The fourth-order valence-electron chi connectivity index (χ4n) is 3.95. The average Bonchev–Trinajstić information content (AvgIpc) is 2.97. The minimum atomic E-state index is 0. The van der Waals surface area contributed by atoms with Crippen molar-refractivity contribution in [2.75, 3.05) is 34.3 Å². The van der Waals surface area contributed by atoms with Gasteiger partial charge in [0.15, 0.2) is 0 Å². The Morgan fingerprint density at radius 3 is 2.30 bits per heavy atom. The van der Waals surface area contributed by atoms with E-state index in [0.29, 0.717) is 0 Å². The van der Waals surface area contributed by atoms with Crippen molar-refractivity contribution in [1.29, 1.82) is 0 Å². The second-order valence-corrected chi connectivity index (χ2v) is 7.25. The fourth-order valence-corrected chi connectivity index (χ4v) is 3.95. The number of benzene rings is 1. The molecule has 0 radical (unpaired) electrons. The van der Waals surface area contributed by atoms with E-state index in [1.807, 2.05) is 12.1 Å². The van der Waals surface area contributed by atoms with Crippen LogP contribution < -0.4 is 4.74 Å². The molecule has 1 atom stereocenters. The Hall–Kier alpha value is -1.20.